The minimum absolute atomic E-state index is 0.0205. The van der Waals surface area contributed by atoms with Gasteiger partial charge in [0, 0.05) is 15.6 Å². The number of ether oxygens (including phenoxy) is 1. The number of aryl methyl sites for hydroxylation is 2. The number of carbonyl (C=O) groups is 1. The van der Waals surface area contributed by atoms with Crippen LogP contribution < -0.4 is 4.74 Å². The van der Waals surface area contributed by atoms with Crippen molar-refractivity contribution in [2.45, 2.75) is 31.6 Å². The summed E-state index contributed by atoms with van der Waals surface area (Å²) in [6.45, 7) is 5.23. The molecule has 0 spiro atoms. The van der Waals surface area contributed by atoms with Gasteiger partial charge in [0.05, 0.1) is 29.6 Å². The predicted molar refractivity (Wildman–Crippen MR) is 113 cm³/mol. The van der Waals surface area contributed by atoms with Crippen LogP contribution in [0.1, 0.15) is 34.5 Å². The molecule has 0 saturated carbocycles. The molecule has 0 amide bonds. The van der Waals surface area contributed by atoms with Crippen LogP contribution in [0.5, 0.6) is 5.75 Å². The Kier molecular flexibility index (Phi) is 6.29. The second-order valence-electron chi connectivity index (χ2n) is 5.87. The van der Waals surface area contributed by atoms with Crippen LogP contribution in [-0.4, -0.2) is 27.8 Å². The van der Waals surface area contributed by atoms with E-state index in [9.17, 15) is 4.79 Å². The molecule has 27 heavy (non-hydrogen) atoms. The Morgan fingerprint density at radius 1 is 1.26 bits per heavy atom. The number of thioether (sulfide) groups is 1. The van der Waals surface area contributed by atoms with Crippen LogP contribution >= 0.6 is 39.0 Å². The number of hydrogen-bond acceptors (Lipinski definition) is 7. The highest BCUT2D eigenvalue weighted by Gasteiger charge is 2.16. The topological polar surface area (TPSA) is 65.0 Å². The fourth-order valence-corrected chi connectivity index (χ4v) is 5.05. The lowest BCUT2D eigenvalue weighted by molar-refractivity contribution is 0.101. The van der Waals surface area contributed by atoms with Crippen LogP contribution in [0.3, 0.4) is 0 Å². The van der Waals surface area contributed by atoms with Crippen molar-refractivity contribution in [3.8, 4) is 16.3 Å². The van der Waals surface area contributed by atoms with Crippen LogP contribution in [0.25, 0.3) is 10.6 Å². The number of hydrogen-bond donors (Lipinski definition) is 0. The van der Waals surface area contributed by atoms with Crippen molar-refractivity contribution in [2.75, 3.05) is 7.11 Å². The summed E-state index contributed by atoms with van der Waals surface area (Å²) >= 11 is 6.57. The lowest BCUT2D eigenvalue weighted by atomic mass is 10.2. The fraction of sp³-hybridized carbons (Fsp3) is 0.263. The van der Waals surface area contributed by atoms with Crippen LogP contribution in [0.15, 0.2) is 33.1 Å². The Balaban J connectivity index is 1.84. The number of thiazole rings is 1. The van der Waals surface area contributed by atoms with Gasteiger partial charge in [-0.05, 0) is 39.0 Å². The van der Waals surface area contributed by atoms with Crippen molar-refractivity contribution < 1.29 is 9.53 Å². The van der Waals surface area contributed by atoms with Gasteiger partial charge in [-0.25, -0.2) is 15.0 Å². The Hall–Kier alpha value is -1.77. The second kappa shape index (κ2) is 8.50. The fourth-order valence-electron chi connectivity index (χ4n) is 2.68. The van der Waals surface area contributed by atoms with Gasteiger partial charge in [-0.3, -0.25) is 4.79 Å². The number of methoxy groups -OCH3 is 1. The summed E-state index contributed by atoms with van der Waals surface area (Å²) in [5.41, 5.74) is 3.20. The number of Topliss-reactive ketones (excluding diaryl/α,β-unsaturated/α-hetero) is 1. The number of nitrogens with zero attached hydrogens (tertiary/aromatic N) is 3. The summed E-state index contributed by atoms with van der Waals surface area (Å²) in [5.74, 6) is 2.06. The Morgan fingerprint density at radius 2 is 2.04 bits per heavy atom. The largest absolute Gasteiger partial charge is 0.496 e. The molecule has 0 atom stereocenters. The summed E-state index contributed by atoms with van der Waals surface area (Å²) in [7, 11) is 1.65. The van der Waals surface area contributed by atoms with Gasteiger partial charge in [-0.1, -0.05) is 27.7 Å². The molecule has 3 aromatic rings. The van der Waals surface area contributed by atoms with Gasteiger partial charge in [-0.15, -0.1) is 11.3 Å². The van der Waals surface area contributed by atoms with Gasteiger partial charge in [0.2, 0.25) is 0 Å². The monoisotopic (exact) mass is 463 g/mol. The highest BCUT2D eigenvalue weighted by atomic mass is 79.9. The van der Waals surface area contributed by atoms with E-state index in [-0.39, 0.29) is 5.78 Å². The maximum absolute atomic E-state index is 12.0. The normalized spacial score (nSPS) is 10.9. The quantitative estimate of drug-likeness (QED) is 0.273. The summed E-state index contributed by atoms with van der Waals surface area (Å²) in [5, 5.41) is 3.63. The molecular formula is C19H18BrN3O2S2. The summed E-state index contributed by atoms with van der Waals surface area (Å²) in [6.07, 6.45) is 0. The maximum Gasteiger partial charge on any atom is 0.164 e. The van der Waals surface area contributed by atoms with E-state index in [1.165, 1.54) is 11.8 Å². The van der Waals surface area contributed by atoms with Crippen molar-refractivity contribution in [1.82, 2.24) is 15.0 Å². The molecule has 2 aromatic heterocycles. The van der Waals surface area contributed by atoms with Gasteiger partial charge < -0.3 is 4.74 Å². The first kappa shape index (κ1) is 20.0. The molecule has 2 heterocycles. The van der Waals surface area contributed by atoms with E-state index >= 15 is 0 Å². The third-order valence-electron chi connectivity index (χ3n) is 3.82. The van der Waals surface area contributed by atoms with E-state index in [0.29, 0.717) is 22.2 Å². The predicted octanol–water partition coefficient (Wildman–Crippen LogP) is 5.48. The highest BCUT2D eigenvalue weighted by molar-refractivity contribution is 9.10. The number of rotatable bonds is 6. The van der Waals surface area contributed by atoms with Gasteiger partial charge in [0.25, 0.3) is 0 Å². The molecular weight excluding hydrogens is 446 g/mol. The molecule has 8 heteroatoms. The molecule has 3 rings (SSSR count). The zero-order valence-electron chi connectivity index (χ0n) is 15.4. The van der Waals surface area contributed by atoms with Crippen molar-refractivity contribution in [3.05, 3.63) is 50.8 Å². The molecule has 0 bridgehead atoms. The van der Waals surface area contributed by atoms with Gasteiger partial charge >= 0.3 is 0 Å². The molecule has 5 nitrogen and oxygen atoms in total. The summed E-state index contributed by atoms with van der Waals surface area (Å²) in [6, 6.07) is 5.86. The van der Waals surface area contributed by atoms with Crippen LogP contribution in [0.4, 0.5) is 0 Å². The Morgan fingerprint density at radius 3 is 2.74 bits per heavy atom. The number of halogens is 1. The number of benzene rings is 1. The maximum atomic E-state index is 12.0. The van der Waals surface area contributed by atoms with Crippen molar-refractivity contribution in [2.24, 2.45) is 0 Å². The van der Waals surface area contributed by atoms with Gasteiger partial charge in [0.1, 0.15) is 21.6 Å². The van der Waals surface area contributed by atoms with E-state index in [1.807, 2.05) is 37.4 Å². The molecule has 0 radical (unpaired) electrons. The van der Waals surface area contributed by atoms with Crippen LogP contribution in [0, 0.1) is 13.8 Å². The highest BCUT2D eigenvalue weighted by Crippen LogP contribution is 2.35. The number of ketones is 1. The minimum atomic E-state index is -0.0205. The average molecular weight is 464 g/mol. The van der Waals surface area contributed by atoms with Crippen molar-refractivity contribution >= 4 is 44.8 Å². The molecule has 0 N–H and O–H groups in total. The molecule has 0 saturated heterocycles. The third-order valence-corrected chi connectivity index (χ3v) is 6.25. The van der Waals surface area contributed by atoms with E-state index in [4.69, 9.17) is 9.72 Å². The van der Waals surface area contributed by atoms with Crippen molar-refractivity contribution in [3.63, 3.8) is 0 Å². The zero-order valence-corrected chi connectivity index (χ0v) is 18.6. The first-order valence-corrected chi connectivity index (χ1v) is 10.8. The third kappa shape index (κ3) is 4.56. The molecule has 0 aliphatic carbocycles. The molecule has 0 aliphatic rings. The van der Waals surface area contributed by atoms with E-state index < -0.39 is 0 Å². The first-order chi connectivity index (χ1) is 12.9. The van der Waals surface area contributed by atoms with Gasteiger partial charge in [0.15, 0.2) is 5.78 Å². The molecule has 140 valence electrons. The lowest BCUT2D eigenvalue weighted by Gasteiger charge is -2.09. The molecule has 0 fully saturated rings. The standard InChI is InChI=1S/C19H18BrN3O2S2/c1-10-17(11(2)24)19(22-12(3)21-10)27-9-14-8-26-18(23-14)15-7-13(20)5-6-16(15)25-4/h5-8H,9H2,1-4H3. The van der Waals surface area contributed by atoms with Crippen molar-refractivity contribution in [1.29, 1.82) is 0 Å². The molecule has 0 aliphatic heterocycles. The number of aromatic nitrogens is 3. The van der Waals surface area contributed by atoms with E-state index in [1.54, 1.807) is 25.4 Å². The second-order valence-corrected chi connectivity index (χ2v) is 8.61. The van der Waals surface area contributed by atoms with Crippen LogP contribution in [-0.2, 0) is 5.75 Å². The lowest BCUT2D eigenvalue weighted by Crippen LogP contribution is -2.06. The first-order valence-electron chi connectivity index (χ1n) is 8.16. The summed E-state index contributed by atoms with van der Waals surface area (Å²) in [4.78, 5) is 25.5. The Labute approximate surface area is 174 Å². The van der Waals surface area contributed by atoms with E-state index in [2.05, 4.69) is 25.9 Å². The number of carbonyl (C=O) groups excluding carboxylic acids is 1. The van der Waals surface area contributed by atoms with Crippen LogP contribution in [0.2, 0.25) is 0 Å². The van der Waals surface area contributed by atoms with Gasteiger partial charge in [-0.2, -0.15) is 0 Å². The smallest absolute Gasteiger partial charge is 0.164 e. The zero-order chi connectivity index (χ0) is 19.6. The summed E-state index contributed by atoms with van der Waals surface area (Å²) < 4.78 is 6.42. The molecule has 1 aromatic carbocycles. The molecule has 0 unspecified atom stereocenters. The Bertz CT molecular complexity index is 1000. The minimum Gasteiger partial charge on any atom is -0.496 e. The SMILES string of the molecule is COc1ccc(Br)cc1-c1nc(CSc2nc(C)nc(C)c2C(C)=O)cs1. The average Bonchev–Trinajstić information content (AvgIpc) is 3.07. The van der Waals surface area contributed by atoms with E-state index in [0.717, 1.165) is 32.2 Å².